The smallest absolute Gasteiger partial charge is 0.243 e. The number of hydrogen-bond acceptors (Lipinski definition) is 5. The zero-order chi connectivity index (χ0) is 13.7. The van der Waals surface area contributed by atoms with E-state index in [1.807, 2.05) is 0 Å². The maximum Gasteiger partial charge on any atom is 0.372 e. The van der Waals surface area contributed by atoms with Crippen molar-refractivity contribution in [3.8, 4) is 0 Å². The molecular formula is C11H15BrN6O. The molecule has 0 aliphatic carbocycles. The average molecular weight is 327 g/mol. The van der Waals surface area contributed by atoms with Gasteiger partial charge in [-0.1, -0.05) is 26.2 Å². The Balaban J connectivity index is 2.10. The van der Waals surface area contributed by atoms with E-state index in [-0.39, 0.29) is 6.03 Å². The van der Waals surface area contributed by atoms with Gasteiger partial charge < -0.3 is 0 Å². The van der Waals surface area contributed by atoms with Crippen LogP contribution in [-0.2, 0) is 6.42 Å². The molecule has 0 radical (unpaired) electrons. The number of carbonyl (C=O) groups is 1. The molecule has 2 heterocycles. The summed E-state index contributed by atoms with van der Waals surface area (Å²) in [6.45, 7) is 2.16. The van der Waals surface area contributed by atoms with E-state index in [1.165, 1.54) is 30.2 Å². The second-order valence-electron chi connectivity index (χ2n) is 4.14. The lowest BCUT2D eigenvalue weighted by atomic mass is 10.1. The molecular weight excluding hydrogens is 312 g/mol. The first-order valence-electron chi connectivity index (χ1n) is 6.23. The first kappa shape index (κ1) is 13.9. The monoisotopic (exact) mass is 326 g/mol. The van der Waals surface area contributed by atoms with Gasteiger partial charge in [-0.3, -0.25) is 0 Å². The van der Waals surface area contributed by atoms with Gasteiger partial charge in [-0.2, -0.15) is 14.5 Å². The fourth-order valence-electron chi connectivity index (χ4n) is 1.75. The number of carbonyl (C=O) groups excluding carboxylic acids is 1. The van der Waals surface area contributed by atoms with Crippen LogP contribution in [0.25, 0.3) is 0 Å². The molecule has 0 aliphatic rings. The van der Waals surface area contributed by atoms with Gasteiger partial charge in [-0.25, -0.2) is 14.8 Å². The second kappa shape index (κ2) is 6.55. The molecule has 0 fully saturated rings. The highest BCUT2D eigenvalue weighted by Gasteiger charge is 2.16. The summed E-state index contributed by atoms with van der Waals surface area (Å²) in [5.74, 6) is 0.642. The maximum absolute atomic E-state index is 12.1. The molecule has 0 saturated carbocycles. The Labute approximate surface area is 119 Å². The van der Waals surface area contributed by atoms with Crippen molar-refractivity contribution < 1.29 is 4.79 Å². The van der Waals surface area contributed by atoms with E-state index >= 15 is 0 Å². The third-order valence-electron chi connectivity index (χ3n) is 2.70. The summed E-state index contributed by atoms with van der Waals surface area (Å²) in [7, 11) is 0. The van der Waals surface area contributed by atoms with Crippen LogP contribution in [0.1, 0.15) is 38.4 Å². The predicted molar refractivity (Wildman–Crippen MR) is 71.8 cm³/mol. The van der Waals surface area contributed by atoms with Crippen LogP contribution < -0.4 is 0 Å². The van der Waals surface area contributed by atoms with Crippen molar-refractivity contribution in [2.24, 2.45) is 0 Å². The first-order chi connectivity index (χ1) is 9.22. The highest BCUT2D eigenvalue weighted by atomic mass is 79.9. The molecule has 0 atom stereocenters. The Morgan fingerprint density at radius 1 is 1.37 bits per heavy atom. The summed E-state index contributed by atoms with van der Waals surface area (Å²) in [6.07, 6.45) is 7.85. The van der Waals surface area contributed by atoms with Gasteiger partial charge in [-0.15, -0.1) is 5.10 Å². The van der Waals surface area contributed by atoms with Crippen LogP contribution in [0.15, 0.2) is 17.4 Å². The molecule has 8 heteroatoms. The normalized spacial score (nSPS) is 10.8. The summed E-state index contributed by atoms with van der Waals surface area (Å²) in [5, 5.41) is 7.85. The van der Waals surface area contributed by atoms with Crippen LogP contribution in [0.5, 0.6) is 0 Å². The standard InChI is InChI=1S/C11H15BrN6O/c1-2-3-4-5-6-9-15-10(12)16-18(9)11(19)17-8-13-7-14-17/h7-8H,2-6H2,1H3. The highest BCUT2D eigenvalue weighted by Crippen LogP contribution is 2.10. The lowest BCUT2D eigenvalue weighted by Crippen LogP contribution is -2.23. The van der Waals surface area contributed by atoms with Crippen molar-refractivity contribution in [3.63, 3.8) is 0 Å². The zero-order valence-corrected chi connectivity index (χ0v) is 12.2. The van der Waals surface area contributed by atoms with E-state index in [0.717, 1.165) is 23.9 Å². The van der Waals surface area contributed by atoms with Crippen molar-refractivity contribution in [3.05, 3.63) is 23.2 Å². The van der Waals surface area contributed by atoms with E-state index in [4.69, 9.17) is 0 Å². The third-order valence-corrected chi connectivity index (χ3v) is 3.03. The molecule has 0 bridgehead atoms. The van der Waals surface area contributed by atoms with E-state index < -0.39 is 0 Å². The molecule has 102 valence electrons. The Morgan fingerprint density at radius 3 is 2.89 bits per heavy atom. The van der Waals surface area contributed by atoms with Crippen LogP contribution in [0, 0.1) is 0 Å². The van der Waals surface area contributed by atoms with Crippen molar-refractivity contribution in [2.45, 2.75) is 39.0 Å². The van der Waals surface area contributed by atoms with Gasteiger partial charge in [0.15, 0.2) is 0 Å². The quantitative estimate of drug-likeness (QED) is 0.787. The topological polar surface area (TPSA) is 78.5 Å². The van der Waals surface area contributed by atoms with E-state index in [9.17, 15) is 4.79 Å². The molecule has 0 spiro atoms. The van der Waals surface area contributed by atoms with Crippen LogP contribution in [0.4, 0.5) is 4.79 Å². The fourth-order valence-corrected chi connectivity index (χ4v) is 2.11. The van der Waals surface area contributed by atoms with Crippen molar-refractivity contribution >= 4 is 22.0 Å². The molecule has 2 rings (SSSR count). The van der Waals surface area contributed by atoms with Crippen molar-refractivity contribution in [2.75, 3.05) is 0 Å². The summed E-state index contributed by atoms with van der Waals surface area (Å²) < 4.78 is 2.81. The van der Waals surface area contributed by atoms with Gasteiger partial charge in [0.1, 0.15) is 18.5 Å². The van der Waals surface area contributed by atoms with Gasteiger partial charge in [0, 0.05) is 6.42 Å². The molecule has 2 aromatic rings. The van der Waals surface area contributed by atoms with Crippen molar-refractivity contribution in [1.29, 1.82) is 0 Å². The lowest BCUT2D eigenvalue weighted by Gasteiger charge is -2.03. The largest absolute Gasteiger partial charge is 0.372 e. The van der Waals surface area contributed by atoms with Crippen LogP contribution >= 0.6 is 15.9 Å². The number of aryl methyl sites for hydroxylation is 1. The Morgan fingerprint density at radius 2 is 2.21 bits per heavy atom. The average Bonchev–Trinajstić information content (AvgIpc) is 3.03. The van der Waals surface area contributed by atoms with Gasteiger partial charge >= 0.3 is 6.03 Å². The number of aromatic nitrogens is 6. The van der Waals surface area contributed by atoms with Crippen molar-refractivity contribution in [1.82, 2.24) is 29.5 Å². The first-order valence-corrected chi connectivity index (χ1v) is 7.02. The number of nitrogens with zero attached hydrogens (tertiary/aromatic N) is 6. The van der Waals surface area contributed by atoms with E-state index in [0.29, 0.717) is 10.6 Å². The number of halogens is 1. The Hall–Kier alpha value is -1.57. The molecule has 2 aromatic heterocycles. The molecule has 0 aliphatic heterocycles. The maximum atomic E-state index is 12.1. The molecule has 19 heavy (non-hydrogen) atoms. The fraction of sp³-hybridized carbons (Fsp3) is 0.545. The van der Waals surface area contributed by atoms with Crippen LogP contribution in [-0.4, -0.2) is 35.6 Å². The van der Waals surface area contributed by atoms with E-state index in [2.05, 4.69) is 43.0 Å². The highest BCUT2D eigenvalue weighted by molar-refractivity contribution is 9.10. The Kier molecular flexibility index (Phi) is 4.78. The Bertz CT molecular complexity index is 535. The number of rotatable bonds is 5. The molecule has 7 nitrogen and oxygen atoms in total. The minimum atomic E-state index is -0.374. The van der Waals surface area contributed by atoms with E-state index in [1.54, 1.807) is 0 Å². The summed E-state index contributed by atoms with van der Waals surface area (Å²) >= 11 is 3.20. The molecule has 0 saturated heterocycles. The summed E-state index contributed by atoms with van der Waals surface area (Å²) in [6, 6.07) is -0.374. The predicted octanol–water partition coefficient (Wildman–Crippen LogP) is 2.27. The zero-order valence-electron chi connectivity index (χ0n) is 10.7. The SMILES string of the molecule is CCCCCCc1nc(Br)nn1C(=O)n1cncn1. The second-order valence-corrected chi connectivity index (χ2v) is 4.85. The van der Waals surface area contributed by atoms with Gasteiger partial charge in [0.05, 0.1) is 0 Å². The van der Waals surface area contributed by atoms with Gasteiger partial charge in [0.2, 0.25) is 4.73 Å². The molecule has 0 unspecified atom stereocenters. The minimum Gasteiger partial charge on any atom is -0.243 e. The summed E-state index contributed by atoms with van der Waals surface area (Å²) in [5.41, 5.74) is 0. The van der Waals surface area contributed by atoms with Crippen LogP contribution in [0.2, 0.25) is 0 Å². The van der Waals surface area contributed by atoms with Gasteiger partial charge in [-0.05, 0) is 22.4 Å². The van der Waals surface area contributed by atoms with Gasteiger partial charge in [0.25, 0.3) is 0 Å². The minimum absolute atomic E-state index is 0.374. The molecule has 0 aromatic carbocycles. The molecule has 0 amide bonds. The lowest BCUT2D eigenvalue weighted by molar-refractivity contribution is 0.237. The van der Waals surface area contributed by atoms with Crippen LogP contribution in [0.3, 0.4) is 0 Å². The third kappa shape index (κ3) is 3.46. The number of hydrogen-bond donors (Lipinski definition) is 0. The number of unbranched alkanes of at least 4 members (excludes halogenated alkanes) is 3. The molecule has 0 N–H and O–H groups in total. The summed E-state index contributed by atoms with van der Waals surface area (Å²) in [4.78, 5) is 20.1.